The molecule has 1 aromatic carbocycles. The average molecular weight is 372 g/mol. The number of halogens is 1. The minimum Gasteiger partial charge on any atom is -0.485 e. The number of hydrogen-bond acceptors (Lipinski definition) is 4. The van der Waals surface area contributed by atoms with E-state index in [1.807, 2.05) is 12.1 Å². The molecule has 3 heterocycles. The van der Waals surface area contributed by atoms with Crippen molar-refractivity contribution in [2.75, 3.05) is 24.5 Å². The fraction of sp³-hybridized carbons (Fsp3) is 0.316. The van der Waals surface area contributed by atoms with Crippen LogP contribution in [0.3, 0.4) is 0 Å². The van der Waals surface area contributed by atoms with Crippen molar-refractivity contribution in [3.05, 3.63) is 53.8 Å². The lowest BCUT2D eigenvalue weighted by Crippen LogP contribution is -2.57. The van der Waals surface area contributed by atoms with E-state index in [2.05, 4.69) is 4.98 Å². The first-order chi connectivity index (χ1) is 12.6. The van der Waals surface area contributed by atoms with Gasteiger partial charge < -0.3 is 14.5 Å². The summed E-state index contributed by atoms with van der Waals surface area (Å²) < 4.78 is 5.77. The van der Waals surface area contributed by atoms with Crippen molar-refractivity contribution in [3.8, 4) is 5.75 Å². The predicted molar refractivity (Wildman–Crippen MR) is 97.1 cm³/mol. The van der Waals surface area contributed by atoms with Crippen LogP contribution in [0.4, 0.5) is 5.69 Å². The summed E-state index contributed by atoms with van der Waals surface area (Å²) in [6.07, 6.45) is 3.57. The van der Waals surface area contributed by atoms with Crippen molar-refractivity contribution in [3.63, 3.8) is 0 Å². The summed E-state index contributed by atoms with van der Waals surface area (Å²) in [6, 6.07) is 10.7. The monoisotopic (exact) mass is 371 g/mol. The van der Waals surface area contributed by atoms with Gasteiger partial charge in [-0.25, -0.2) is 0 Å². The van der Waals surface area contributed by atoms with Crippen molar-refractivity contribution in [2.24, 2.45) is 5.92 Å². The molecule has 2 fully saturated rings. The zero-order valence-corrected chi connectivity index (χ0v) is 14.8. The zero-order chi connectivity index (χ0) is 18.1. The third kappa shape index (κ3) is 3.37. The molecule has 0 N–H and O–H groups in total. The molecule has 0 bridgehead atoms. The fourth-order valence-electron chi connectivity index (χ4n) is 3.30. The summed E-state index contributed by atoms with van der Waals surface area (Å²) in [5, 5.41) is 0.619. The molecule has 2 aliphatic rings. The highest BCUT2D eigenvalue weighted by molar-refractivity contribution is 6.30. The Kier molecular flexibility index (Phi) is 4.51. The number of hydrogen-bond donors (Lipinski definition) is 0. The maximum atomic E-state index is 12.7. The second-order valence-corrected chi connectivity index (χ2v) is 6.99. The minimum absolute atomic E-state index is 0.0147. The van der Waals surface area contributed by atoms with Crippen LogP contribution in [0, 0.1) is 5.92 Å². The average Bonchev–Trinajstić information content (AvgIpc) is 3.01. The smallest absolute Gasteiger partial charge is 0.228 e. The molecule has 6 nitrogen and oxygen atoms in total. The van der Waals surface area contributed by atoms with Crippen LogP contribution < -0.4 is 9.64 Å². The molecule has 1 atom stereocenters. The largest absolute Gasteiger partial charge is 0.485 e. The van der Waals surface area contributed by atoms with Crippen LogP contribution in [0.15, 0.2) is 48.8 Å². The number of ether oxygens (including phenoxy) is 1. The molecular formula is C19H18ClN3O3. The SMILES string of the molecule is O=C([C@H]1CC(=O)N(c2ccc(Cl)cc2)C1)N1CC(Oc2cccnc2)C1. The quantitative estimate of drug-likeness (QED) is 0.827. The van der Waals surface area contributed by atoms with E-state index < -0.39 is 0 Å². The number of benzene rings is 1. The molecule has 134 valence electrons. The third-order valence-corrected chi connectivity index (χ3v) is 4.96. The number of likely N-dealkylation sites (tertiary alicyclic amines) is 1. The van der Waals surface area contributed by atoms with Crippen LogP contribution >= 0.6 is 11.6 Å². The summed E-state index contributed by atoms with van der Waals surface area (Å²) in [7, 11) is 0. The van der Waals surface area contributed by atoms with E-state index in [1.165, 1.54) is 0 Å². The van der Waals surface area contributed by atoms with Gasteiger partial charge in [-0.05, 0) is 36.4 Å². The van der Waals surface area contributed by atoms with Gasteiger partial charge in [-0.15, -0.1) is 0 Å². The number of carbonyl (C=O) groups excluding carboxylic acids is 2. The number of rotatable bonds is 4. The van der Waals surface area contributed by atoms with Crippen molar-refractivity contribution in [1.29, 1.82) is 0 Å². The first-order valence-corrected chi connectivity index (χ1v) is 8.89. The Hall–Kier alpha value is -2.60. The first kappa shape index (κ1) is 16.8. The van der Waals surface area contributed by atoms with Gasteiger partial charge in [-0.1, -0.05) is 11.6 Å². The normalized spacial score (nSPS) is 20.2. The number of anilines is 1. The Labute approximate surface area is 156 Å². The lowest BCUT2D eigenvalue weighted by molar-refractivity contribution is -0.144. The van der Waals surface area contributed by atoms with Crippen molar-refractivity contribution in [2.45, 2.75) is 12.5 Å². The van der Waals surface area contributed by atoms with E-state index in [4.69, 9.17) is 16.3 Å². The lowest BCUT2D eigenvalue weighted by Gasteiger charge is -2.40. The molecule has 2 aliphatic heterocycles. The van der Waals surface area contributed by atoms with Crippen LogP contribution in [0.5, 0.6) is 5.75 Å². The van der Waals surface area contributed by atoms with E-state index in [0.29, 0.717) is 30.4 Å². The molecule has 2 aromatic rings. The summed E-state index contributed by atoms with van der Waals surface area (Å²) >= 11 is 5.89. The predicted octanol–water partition coefficient (Wildman–Crippen LogP) is 2.38. The van der Waals surface area contributed by atoms with Gasteiger partial charge in [-0.3, -0.25) is 14.6 Å². The second kappa shape index (κ2) is 6.96. The van der Waals surface area contributed by atoms with E-state index in [0.717, 1.165) is 5.69 Å². The van der Waals surface area contributed by atoms with Gasteiger partial charge in [0.25, 0.3) is 0 Å². The molecule has 0 saturated carbocycles. The molecule has 0 spiro atoms. The molecule has 0 radical (unpaired) electrons. The molecule has 0 aliphatic carbocycles. The summed E-state index contributed by atoms with van der Waals surface area (Å²) in [5.41, 5.74) is 0.774. The second-order valence-electron chi connectivity index (χ2n) is 6.55. The minimum atomic E-state index is -0.308. The van der Waals surface area contributed by atoms with Crippen LogP contribution in [-0.4, -0.2) is 47.4 Å². The van der Waals surface area contributed by atoms with Crippen LogP contribution in [0.1, 0.15) is 6.42 Å². The lowest BCUT2D eigenvalue weighted by atomic mass is 10.0. The number of pyridine rings is 1. The van der Waals surface area contributed by atoms with Crippen LogP contribution in [0.25, 0.3) is 0 Å². The maximum Gasteiger partial charge on any atom is 0.228 e. The maximum absolute atomic E-state index is 12.7. The molecular weight excluding hydrogens is 354 g/mol. The van der Waals surface area contributed by atoms with Crippen LogP contribution in [0.2, 0.25) is 5.02 Å². The van der Waals surface area contributed by atoms with Gasteiger partial charge in [0.05, 0.1) is 25.2 Å². The number of nitrogens with zero attached hydrogens (tertiary/aromatic N) is 3. The van der Waals surface area contributed by atoms with Gasteiger partial charge in [0.15, 0.2) is 0 Å². The van der Waals surface area contributed by atoms with Crippen molar-refractivity contribution >= 4 is 29.1 Å². The summed E-state index contributed by atoms with van der Waals surface area (Å²) in [6.45, 7) is 1.49. The third-order valence-electron chi connectivity index (χ3n) is 4.71. The number of aromatic nitrogens is 1. The topological polar surface area (TPSA) is 62.7 Å². The summed E-state index contributed by atoms with van der Waals surface area (Å²) in [4.78, 5) is 32.4. The highest BCUT2D eigenvalue weighted by Gasteiger charge is 2.41. The van der Waals surface area contributed by atoms with Gasteiger partial charge >= 0.3 is 0 Å². The summed E-state index contributed by atoms with van der Waals surface area (Å²) in [5.74, 6) is 0.377. The number of amides is 2. The van der Waals surface area contributed by atoms with Gasteiger partial charge in [0.2, 0.25) is 11.8 Å². The molecule has 1 aromatic heterocycles. The highest BCUT2D eigenvalue weighted by Crippen LogP contribution is 2.29. The van der Waals surface area contributed by atoms with Crippen molar-refractivity contribution < 1.29 is 14.3 Å². The van der Waals surface area contributed by atoms with E-state index in [-0.39, 0.29) is 30.3 Å². The molecule has 26 heavy (non-hydrogen) atoms. The molecule has 0 unspecified atom stereocenters. The van der Waals surface area contributed by atoms with Crippen molar-refractivity contribution in [1.82, 2.24) is 9.88 Å². The zero-order valence-electron chi connectivity index (χ0n) is 14.0. The molecule has 4 rings (SSSR count). The Morgan fingerprint density at radius 3 is 2.62 bits per heavy atom. The Balaban J connectivity index is 1.32. The van der Waals surface area contributed by atoms with E-state index in [1.54, 1.807) is 46.5 Å². The fourth-order valence-corrected chi connectivity index (χ4v) is 3.43. The number of carbonyl (C=O) groups is 2. The molecule has 2 saturated heterocycles. The first-order valence-electron chi connectivity index (χ1n) is 8.51. The van der Waals surface area contributed by atoms with Gasteiger partial charge in [-0.2, -0.15) is 0 Å². The van der Waals surface area contributed by atoms with E-state index in [9.17, 15) is 9.59 Å². The molecule has 2 amide bonds. The Bertz CT molecular complexity index is 807. The Morgan fingerprint density at radius 1 is 1.15 bits per heavy atom. The highest BCUT2D eigenvalue weighted by atomic mass is 35.5. The standard InChI is InChI=1S/C19H18ClN3O3/c20-14-3-5-15(6-4-14)23-10-13(8-18(23)24)19(25)22-11-17(12-22)26-16-2-1-7-21-9-16/h1-7,9,13,17H,8,10-12H2/t13-/m0/s1. The van der Waals surface area contributed by atoms with Crippen LogP contribution in [-0.2, 0) is 9.59 Å². The van der Waals surface area contributed by atoms with E-state index >= 15 is 0 Å². The Morgan fingerprint density at radius 2 is 1.92 bits per heavy atom. The van der Waals surface area contributed by atoms with Gasteiger partial charge in [0, 0.05) is 29.9 Å². The van der Waals surface area contributed by atoms with Gasteiger partial charge in [0.1, 0.15) is 11.9 Å². The molecule has 7 heteroatoms.